The number of carbonyl (C=O) groups is 2. The average molecular weight is 820 g/mol. The van der Waals surface area contributed by atoms with Gasteiger partial charge >= 0.3 is 11.9 Å². The fraction of sp³-hybridized carbons (Fsp3) is 0.805. The molecule has 1 aromatic rings. The van der Waals surface area contributed by atoms with Crippen LogP contribution in [0.1, 0.15) is 62.7 Å². The van der Waals surface area contributed by atoms with E-state index in [1.807, 2.05) is 12.1 Å². The van der Waals surface area contributed by atoms with Crippen molar-refractivity contribution in [2.45, 2.75) is 52.4 Å². The van der Waals surface area contributed by atoms with E-state index in [0.29, 0.717) is 157 Å². The van der Waals surface area contributed by atoms with Crippen LogP contribution in [-0.4, -0.2) is 177 Å². The van der Waals surface area contributed by atoms with Crippen molar-refractivity contribution < 1.29 is 71.2 Å². The number of unbranched alkanes of at least 4 members (excludes halogenated alkanes) is 3. The zero-order valence-corrected chi connectivity index (χ0v) is 34.9. The Morgan fingerprint density at radius 2 is 0.719 bits per heavy atom. The van der Waals surface area contributed by atoms with E-state index in [2.05, 4.69) is 19.2 Å². The summed E-state index contributed by atoms with van der Waals surface area (Å²) in [5.41, 5.74) is 1.51. The molecule has 0 bridgehead atoms. The number of esters is 2. The van der Waals surface area contributed by atoms with Gasteiger partial charge in [0.15, 0.2) is 0 Å². The van der Waals surface area contributed by atoms with Crippen LogP contribution in [-0.2, 0) is 66.4 Å². The largest absolute Gasteiger partial charge is 0.463 e. The zero-order chi connectivity index (χ0) is 41.0. The fourth-order valence-corrected chi connectivity index (χ4v) is 4.52. The average Bonchev–Trinajstić information content (AvgIpc) is 3.22. The summed E-state index contributed by atoms with van der Waals surface area (Å²) in [6.07, 6.45) is 5.71. The molecule has 1 N–H and O–H groups in total. The SMILES string of the molecule is CCCCCC(=O)OCCOCCOCCOCCOCCOCCOCCOCCOCCOCCOCCOCCOC(=O)c1ccc(NCCCC)cc1. The number of rotatable bonds is 45. The van der Waals surface area contributed by atoms with Crippen molar-refractivity contribution in [2.75, 3.05) is 170 Å². The van der Waals surface area contributed by atoms with Crippen LogP contribution in [0.3, 0.4) is 0 Å². The number of ether oxygens (including phenoxy) is 13. The van der Waals surface area contributed by atoms with E-state index >= 15 is 0 Å². The van der Waals surface area contributed by atoms with Gasteiger partial charge in [0.25, 0.3) is 0 Å². The normalized spacial score (nSPS) is 11.3. The second-order valence-corrected chi connectivity index (χ2v) is 12.4. The Hall–Kier alpha value is -2.48. The Balaban J connectivity index is 1.67. The molecular formula is C41H73NO15. The lowest BCUT2D eigenvalue weighted by molar-refractivity contribution is -0.145. The van der Waals surface area contributed by atoms with Crippen molar-refractivity contribution in [3.63, 3.8) is 0 Å². The van der Waals surface area contributed by atoms with Crippen molar-refractivity contribution in [3.05, 3.63) is 29.8 Å². The van der Waals surface area contributed by atoms with Gasteiger partial charge in [0.2, 0.25) is 0 Å². The Bertz CT molecular complexity index is 1000. The molecule has 16 heteroatoms. The highest BCUT2D eigenvalue weighted by molar-refractivity contribution is 5.89. The molecule has 0 saturated carbocycles. The molecule has 0 aliphatic heterocycles. The highest BCUT2D eigenvalue weighted by Gasteiger charge is 2.07. The second-order valence-electron chi connectivity index (χ2n) is 12.4. The summed E-state index contributed by atoms with van der Waals surface area (Å²) in [6, 6.07) is 7.28. The molecule has 0 unspecified atom stereocenters. The maximum atomic E-state index is 12.1. The third-order valence-electron chi connectivity index (χ3n) is 7.64. The molecule has 0 aliphatic carbocycles. The first-order valence-electron chi connectivity index (χ1n) is 20.7. The molecule has 16 nitrogen and oxygen atoms in total. The van der Waals surface area contributed by atoms with E-state index in [1.165, 1.54) is 0 Å². The second kappa shape index (κ2) is 43.1. The van der Waals surface area contributed by atoms with Crippen LogP contribution in [0.15, 0.2) is 24.3 Å². The Kier molecular flexibility index (Phi) is 39.7. The van der Waals surface area contributed by atoms with Crippen LogP contribution in [0, 0.1) is 0 Å². The van der Waals surface area contributed by atoms with Gasteiger partial charge in [0, 0.05) is 18.7 Å². The quantitative estimate of drug-likeness (QED) is 0.0728. The molecule has 0 aromatic heterocycles. The summed E-state index contributed by atoms with van der Waals surface area (Å²) in [5, 5.41) is 3.32. The lowest BCUT2D eigenvalue weighted by Gasteiger charge is -2.09. The predicted octanol–water partition coefficient (Wildman–Crippen LogP) is 4.36. The highest BCUT2D eigenvalue weighted by Crippen LogP contribution is 2.11. The van der Waals surface area contributed by atoms with E-state index in [0.717, 1.165) is 44.3 Å². The first-order valence-corrected chi connectivity index (χ1v) is 20.7. The number of nitrogens with one attached hydrogen (secondary N) is 1. The molecule has 1 rings (SSSR count). The standard InChI is InChI=1S/C41H73NO15/c1-3-5-7-8-40(43)56-36-34-54-32-30-52-28-26-50-24-22-48-20-18-46-16-14-45-15-17-47-19-21-49-23-25-51-27-29-53-31-33-55-35-37-57-41(44)38-9-11-39(12-10-38)42-13-6-4-2/h9-12,42H,3-8,13-37H2,1-2H3. The fourth-order valence-electron chi connectivity index (χ4n) is 4.52. The molecule has 57 heavy (non-hydrogen) atoms. The number of hydrogen-bond acceptors (Lipinski definition) is 16. The summed E-state index contributed by atoms with van der Waals surface area (Å²) >= 11 is 0. The van der Waals surface area contributed by atoms with Gasteiger partial charge in [-0.1, -0.05) is 33.1 Å². The Morgan fingerprint density at radius 1 is 0.404 bits per heavy atom. The molecule has 0 spiro atoms. The smallest absolute Gasteiger partial charge is 0.338 e. The number of benzene rings is 1. The number of carbonyl (C=O) groups excluding carboxylic acids is 2. The van der Waals surface area contributed by atoms with Crippen LogP contribution < -0.4 is 5.32 Å². The van der Waals surface area contributed by atoms with Crippen molar-refractivity contribution >= 4 is 17.6 Å². The van der Waals surface area contributed by atoms with Gasteiger partial charge in [-0.2, -0.15) is 0 Å². The molecule has 0 radical (unpaired) electrons. The van der Waals surface area contributed by atoms with E-state index in [9.17, 15) is 9.59 Å². The van der Waals surface area contributed by atoms with E-state index < -0.39 is 0 Å². The summed E-state index contributed by atoms with van der Waals surface area (Å²) in [6.45, 7) is 15.7. The first-order chi connectivity index (χ1) is 28.2. The minimum Gasteiger partial charge on any atom is -0.463 e. The summed E-state index contributed by atoms with van der Waals surface area (Å²) in [4.78, 5) is 23.6. The van der Waals surface area contributed by atoms with Gasteiger partial charge in [-0.25, -0.2) is 4.79 Å². The molecule has 0 heterocycles. The molecule has 0 aliphatic rings. The van der Waals surface area contributed by atoms with Gasteiger partial charge in [-0.3, -0.25) is 4.79 Å². The van der Waals surface area contributed by atoms with Crippen LogP contribution in [0.2, 0.25) is 0 Å². The third kappa shape index (κ3) is 37.5. The Morgan fingerprint density at radius 3 is 1.05 bits per heavy atom. The van der Waals surface area contributed by atoms with E-state index in [4.69, 9.17) is 61.6 Å². The van der Waals surface area contributed by atoms with Gasteiger partial charge in [0.05, 0.1) is 151 Å². The maximum absolute atomic E-state index is 12.1. The molecule has 0 amide bonds. The van der Waals surface area contributed by atoms with E-state index in [-0.39, 0.29) is 25.2 Å². The van der Waals surface area contributed by atoms with Crippen LogP contribution in [0.4, 0.5) is 5.69 Å². The van der Waals surface area contributed by atoms with Gasteiger partial charge in [-0.15, -0.1) is 0 Å². The minimum absolute atomic E-state index is 0.164. The lowest BCUT2D eigenvalue weighted by atomic mass is 10.2. The monoisotopic (exact) mass is 819 g/mol. The van der Waals surface area contributed by atoms with Crippen LogP contribution >= 0.6 is 0 Å². The molecular weight excluding hydrogens is 746 g/mol. The highest BCUT2D eigenvalue weighted by atomic mass is 16.6. The maximum Gasteiger partial charge on any atom is 0.338 e. The van der Waals surface area contributed by atoms with Crippen LogP contribution in [0.5, 0.6) is 0 Å². The van der Waals surface area contributed by atoms with Gasteiger partial charge in [0.1, 0.15) is 13.2 Å². The molecule has 1 aromatic carbocycles. The third-order valence-corrected chi connectivity index (χ3v) is 7.64. The van der Waals surface area contributed by atoms with Gasteiger partial charge in [-0.05, 0) is 37.1 Å². The van der Waals surface area contributed by atoms with Crippen molar-refractivity contribution in [1.29, 1.82) is 0 Å². The summed E-state index contributed by atoms with van der Waals surface area (Å²) in [7, 11) is 0. The first kappa shape index (κ1) is 52.5. The van der Waals surface area contributed by atoms with Crippen molar-refractivity contribution in [3.8, 4) is 0 Å². The number of hydrogen-bond donors (Lipinski definition) is 1. The molecule has 0 atom stereocenters. The zero-order valence-electron chi connectivity index (χ0n) is 34.9. The molecule has 332 valence electrons. The van der Waals surface area contributed by atoms with E-state index in [1.54, 1.807) is 12.1 Å². The number of anilines is 1. The molecule has 0 saturated heterocycles. The van der Waals surface area contributed by atoms with Crippen LogP contribution in [0.25, 0.3) is 0 Å². The van der Waals surface area contributed by atoms with Crippen molar-refractivity contribution in [2.24, 2.45) is 0 Å². The summed E-state index contributed by atoms with van der Waals surface area (Å²) in [5.74, 6) is -0.529. The molecule has 0 fully saturated rings. The topological polar surface area (TPSA) is 166 Å². The Labute approximate surface area is 341 Å². The lowest BCUT2D eigenvalue weighted by Crippen LogP contribution is -2.16. The minimum atomic E-state index is -0.365. The van der Waals surface area contributed by atoms with Gasteiger partial charge < -0.3 is 66.9 Å². The van der Waals surface area contributed by atoms with Crippen molar-refractivity contribution in [1.82, 2.24) is 0 Å². The summed E-state index contributed by atoms with van der Waals surface area (Å²) < 4.78 is 70.5. The predicted molar refractivity (Wildman–Crippen MR) is 214 cm³/mol.